The lowest BCUT2D eigenvalue weighted by atomic mass is 10.1. The van der Waals surface area contributed by atoms with Crippen LogP contribution >= 0.6 is 0 Å². The number of ketones is 1. The highest BCUT2D eigenvalue weighted by molar-refractivity contribution is 5.96. The van der Waals surface area contributed by atoms with E-state index in [0.29, 0.717) is 24.5 Å². The molecule has 22 heavy (non-hydrogen) atoms. The molecule has 0 saturated heterocycles. The van der Waals surface area contributed by atoms with E-state index in [0.717, 1.165) is 12.2 Å². The van der Waals surface area contributed by atoms with Gasteiger partial charge in [0.25, 0.3) is 0 Å². The summed E-state index contributed by atoms with van der Waals surface area (Å²) in [5.41, 5.74) is 1.50. The van der Waals surface area contributed by atoms with Gasteiger partial charge in [-0.2, -0.15) is 0 Å². The highest BCUT2D eigenvalue weighted by Crippen LogP contribution is 2.24. The number of phenolic OH excluding ortho intramolecular Hbond substituents is 1. The summed E-state index contributed by atoms with van der Waals surface area (Å²) in [6.45, 7) is 4.48. The molecule has 0 unspecified atom stereocenters. The molecule has 2 aromatic rings. The minimum atomic E-state index is -0.171. The zero-order chi connectivity index (χ0) is 15.9. The number of hydrogen-bond donors (Lipinski definition) is 1. The Kier molecular flexibility index (Phi) is 5.42. The molecule has 0 fully saturated rings. The zero-order valence-electron chi connectivity index (χ0n) is 12.8. The highest BCUT2D eigenvalue weighted by Gasteiger charge is 2.07. The summed E-state index contributed by atoms with van der Waals surface area (Å²) in [5, 5.41) is 9.71. The third kappa shape index (κ3) is 4.52. The zero-order valence-corrected chi connectivity index (χ0v) is 12.8. The maximum atomic E-state index is 11.2. The summed E-state index contributed by atoms with van der Waals surface area (Å²) in [6.07, 6.45) is 0.725. The number of benzene rings is 2. The molecule has 0 amide bonds. The quantitative estimate of drug-likeness (QED) is 0.625. The molecule has 0 aliphatic heterocycles. The van der Waals surface area contributed by atoms with Gasteiger partial charge in [0.2, 0.25) is 0 Å². The van der Waals surface area contributed by atoms with Gasteiger partial charge in [0.15, 0.2) is 5.78 Å². The van der Waals surface area contributed by atoms with Crippen LogP contribution in [-0.2, 0) is 0 Å². The van der Waals surface area contributed by atoms with Crippen molar-refractivity contribution in [3.63, 3.8) is 0 Å². The molecular weight excluding hydrogens is 280 g/mol. The second-order valence-corrected chi connectivity index (χ2v) is 5.10. The fraction of sp³-hybridized carbons (Fsp3) is 0.278. The van der Waals surface area contributed by atoms with Crippen molar-refractivity contribution in [1.82, 2.24) is 0 Å². The summed E-state index contributed by atoms with van der Waals surface area (Å²) < 4.78 is 11.1. The van der Waals surface area contributed by atoms with Gasteiger partial charge < -0.3 is 14.6 Å². The molecule has 0 saturated carbocycles. The van der Waals surface area contributed by atoms with Gasteiger partial charge in [-0.3, -0.25) is 4.79 Å². The largest absolute Gasteiger partial charge is 0.507 e. The van der Waals surface area contributed by atoms with E-state index < -0.39 is 0 Å². The van der Waals surface area contributed by atoms with Gasteiger partial charge in [0, 0.05) is 12.5 Å². The first kappa shape index (κ1) is 15.9. The molecule has 0 spiro atoms. The molecule has 1 N–H and O–H groups in total. The minimum absolute atomic E-state index is 0.0547. The molecule has 0 atom stereocenters. The van der Waals surface area contributed by atoms with E-state index >= 15 is 0 Å². The van der Waals surface area contributed by atoms with Gasteiger partial charge in [-0.25, -0.2) is 0 Å². The summed E-state index contributed by atoms with van der Waals surface area (Å²) in [4.78, 5) is 11.2. The molecule has 0 bridgehead atoms. The third-order valence-electron chi connectivity index (χ3n) is 3.20. The second-order valence-electron chi connectivity index (χ2n) is 5.10. The van der Waals surface area contributed by atoms with Crippen LogP contribution < -0.4 is 9.47 Å². The number of Topliss-reactive ketones (excluding diaryl/α,β-unsaturated/α-hetero) is 1. The van der Waals surface area contributed by atoms with Crippen LogP contribution in [0.5, 0.6) is 17.2 Å². The molecule has 2 aromatic carbocycles. The Balaban J connectivity index is 1.73. The fourth-order valence-electron chi connectivity index (χ4n) is 1.97. The summed E-state index contributed by atoms with van der Waals surface area (Å²) in [7, 11) is 0. The second kappa shape index (κ2) is 7.50. The number of carbonyl (C=O) groups excluding carboxylic acids is 1. The van der Waals surface area contributed by atoms with E-state index in [1.165, 1.54) is 18.6 Å². The number of aryl methyl sites for hydroxylation is 1. The summed E-state index contributed by atoms with van der Waals surface area (Å²) >= 11 is 0. The van der Waals surface area contributed by atoms with Gasteiger partial charge in [0.1, 0.15) is 17.2 Å². The van der Waals surface area contributed by atoms with Crippen molar-refractivity contribution >= 4 is 5.78 Å². The van der Waals surface area contributed by atoms with Crippen molar-refractivity contribution in [3.8, 4) is 17.2 Å². The van der Waals surface area contributed by atoms with Crippen molar-refractivity contribution in [1.29, 1.82) is 0 Å². The molecule has 0 aliphatic rings. The van der Waals surface area contributed by atoms with Crippen LogP contribution in [0.3, 0.4) is 0 Å². The first-order valence-corrected chi connectivity index (χ1v) is 7.22. The van der Waals surface area contributed by atoms with Gasteiger partial charge >= 0.3 is 0 Å². The Bertz CT molecular complexity index is 632. The van der Waals surface area contributed by atoms with Gasteiger partial charge in [0.05, 0.1) is 18.8 Å². The number of rotatable bonds is 7. The van der Waals surface area contributed by atoms with Crippen LogP contribution in [0.25, 0.3) is 0 Å². The molecule has 116 valence electrons. The Morgan fingerprint density at radius 3 is 2.18 bits per heavy atom. The Labute approximate surface area is 130 Å². The minimum Gasteiger partial charge on any atom is -0.507 e. The van der Waals surface area contributed by atoms with E-state index in [1.807, 2.05) is 31.2 Å². The third-order valence-corrected chi connectivity index (χ3v) is 3.20. The van der Waals surface area contributed by atoms with E-state index in [9.17, 15) is 9.90 Å². The first-order chi connectivity index (χ1) is 10.6. The summed E-state index contributed by atoms with van der Waals surface area (Å²) in [5.74, 6) is 1.16. The monoisotopic (exact) mass is 300 g/mol. The highest BCUT2D eigenvalue weighted by atomic mass is 16.5. The van der Waals surface area contributed by atoms with Crippen LogP contribution in [0.15, 0.2) is 42.5 Å². The molecule has 0 heterocycles. The Morgan fingerprint density at radius 1 is 1.00 bits per heavy atom. The predicted octanol–water partition coefficient (Wildman–Crippen LogP) is 3.75. The van der Waals surface area contributed by atoms with Crippen LogP contribution in [-0.4, -0.2) is 24.1 Å². The van der Waals surface area contributed by atoms with Crippen LogP contribution in [0.1, 0.15) is 29.3 Å². The average Bonchev–Trinajstić information content (AvgIpc) is 2.48. The molecule has 4 nitrogen and oxygen atoms in total. The lowest BCUT2D eigenvalue weighted by Gasteiger charge is -2.09. The number of carbonyl (C=O) groups is 1. The Morgan fingerprint density at radius 2 is 1.59 bits per heavy atom. The van der Waals surface area contributed by atoms with Crippen molar-refractivity contribution in [2.75, 3.05) is 13.2 Å². The molecule has 0 aliphatic carbocycles. The lowest BCUT2D eigenvalue weighted by Crippen LogP contribution is -2.05. The van der Waals surface area contributed by atoms with Crippen molar-refractivity contribution in [2.45, 2.75) is 20.3 Å². The van der Waals surface area contributed by atoms with E-state index in [1.54, 1.807) is 12.1 Å². The van der Waals surface area contributed by atoms with E-state index in [4.69, 9.17) is 9.47 Å². The first-order valence-electron chi connectivity index (χ1n) is 7.22. The van der Waals surface area contributed by atoms with Gasteiger partial charge in [-0.15, -0.1) is 0 Å². The molecule has 2 rings (SSSR count). The smallest absolute Gasteiger partial charge is 0.163 e. The number of hydrogen-bond acceptors (Lipinski definition) is 4. The maximum absolute atomic E-state index is 11.2. The Hall–Kier alpha value is -2.49. The number of aromatic hydroxyl groups is 1. The van der Waals surface area contributed by atoms with Crippen molar-refractivity contribution < 1.29 is 19.4 Å². The van der Waals surface area contributed by atoms with Crippen molar-refractivity contribution in [3.05, 3.63) is 53.6 Å². The predicted molar refractivity (Wildman–Crippen MR) is 84.9 cm³/mol. The van der Waals surface area contributed by atoms with E-state index in [-0.39, 0.29) is 11.5 Å². The number of phenols is 1. The van der Waals surface area contributed by atoms with Crippen LogP contribution in [0, 0.1) is 6.92 Å². The lowest BCUT2D eigenvalue weighted by molar-refractivity contribution is 0.101. The van der Waals surface area contributed by atoms with Gasteiger partial charge in [-0.05, 0) is 38.1 Å². The molecule has 4 heteroatoms. The molecule has 0 radical (unpaired) electrons. The fourth-order valence-corrected chi connectivity index (χ4v) is 1.97. The molecule has 0 aromatic heterocycles. The normalized spacial score (nSPS) is 10.3. The maximum Gasteiger partial charge on any atom is 0.163 e. The SMILES string of the molecule is CC(=O)c1ccc(OCCCOc2ccc(C)cc2)cc1O. The average molecular weight is 300 g/mol. The van der Waals surface area contributed by atoms with E-state index in [2.05, 4.69) is 0 Å². The summed E-state index contributed by atoms with van der Waals surface area (Å²) in [6, 6.07) is 12.6. The number of ether oxygens (including phenoxy) is 2. The van der Waals surface area contributed by atoms with Crippen LogP contribution in [0.2, 0.25) is 0 Å². The molecular formula is C18H20O4. The topological polar surface area (TPSA) is 55.8 Å². The standard InChI is InChI=1S/C18H20O4/c1-13-4-6-15(7-5-13)21-10-3-11-22-16-8-9-17(14(2)19)18(20)12-16/h4-9,12,20H,3,10-11H2,1-2H3. The van der Waals surface area contributed by atoms with Crippen LogP contribution in [0.4, 0.5) is 0 Å². The van der Waals surface area contributed by atoms with Gasteiger partial charge in [-0.1, -0.05) is 17.7 Å². The van der Waals surface area contributed by atoms with Crippen molar-refractivity contribution in [2.24, 2.45) is 0 Å².